The van der Waals surface area contributed by atoms with Crippen molar-refractivity contribution in [2.24, 2.45) is 11.8 Å². The summed E-state index contributed by atoms with van der Waals surface area (Å²) in [7, 11) is 2.22. The van der Waals surface area contributed by atoms with E-state index in [-0.39, 0.29) is 29.9 Å². The molecule has 1 unspecified atom stereocenters. The molecular weight excluding hydrogens is 465 g/mol. The van der Waals surface area contributed by atoms with Crippen LogP contribution in [0, 0.1) is 11.8 Å². The van der Waals surface area contributed by atoms with Crippen LogP contribution in [-0.4, -0.2) is 67.3 Å². The normalized spacial score (nSPS) is 23.2. The lowest BCUT2D eigenvalue weighted by atomic mass is 9.77. The second-order valence-electron chi connectivity index (χ2n) is 9.67. The first-order valence-electron chi connectivity index (χ1n) is 12.5. The Morgan fingerprint density at radius 3 is 2.50 bits per heavy atom. The molecule has 2 aliphatic heterocycles. The monoisotopic (exact) mass is 505 g/mol. The summed E-state index contributed by atoms with van der Waals surface area (Å²) in [6.07, 6.45) is 2.47. The predicted molar refractivity (Wildman–Crippen MR) is 139 cm³/mol. The smallest absolute Gasteiger partial charge is 0.357 e. The molecule has 3 heterocycles. The van der Waals surface area contributed by atoms with Crippen LogP contribution in [0.5, 0.6) is 0 Å². The number of carbonyl (C=O) groups excluding carboxylic acids is 2. The first-order valence-corrected chi connectivity index (χ1v) is 15.5. The van der Waals surface area contributed by atoms with Gasteiger partial charge in [0.2, 0.25) is 5.91 Å². The van der Waals surface area contributed by atoms with Crippen molar-refractivity contribution in [3.63, 3.8) is 0 Å². The van der Waals surface area contributed by atoms with Crippen molar-refractivity contribution in [3.8, 4) is 0 Å². The molecule has 3 rings (SSSR count). The van der Waals surface area contributed by atoms with Crippen molar-refractivity contribution in [3.05, 3.63) is 41.4 Å². The third kappa shape index (κ3) is 5.15. The van der Waals surface area contributed by atoms with Gasteiger partial charge in [-0.3, -0.25) is 9.78 Å². The average molecular weight is 506 g/mol. The molecule has 188 valence electrons. The molecule has 5 atom stereocenters. The van der Waals surface area contributed by atoms with E-state index in [1.165, 1.54) is 0 Å². The largest absolute Gasteiger partial charge is 0.447 e. The van der Waals surface area contributed by atoms with Crippen LogP contribution in [0.3, 0.4) is 0 Å². The van der Waals surface area contributed by atoms with E-state index in [4.69, 9.17) is 8.95 Å². The van der Waals surface area contributed by atoms with Gasteiger partial charge in [-0.1, -0.05) is 33.8 Å². The fourth-order valence-corrected chi connectivity index (χ4v) is 8.62. The van der Waals surface area contributed by atoms with Gasteiger partial charge in [0.15, 0.2) is 8.32 Å². The lowest BCUT2D eigenvalue weighted by molar-refractivity contribution is -0.161. The van der Waals surface area contributed by atoms with E-state index in [0.717, 1.165) is 42.4 Å². The van der Waals surface area contributed by atoms with E-state index in [0.29, 0.717) is 12.2 Å². The van der Waals surface area contributed by atoms with Crippen molar-refractivity contribution >= 4 is 29.7 Å². The van der Waals surface area contributed by atoms with E-state index < -0.39 is 14.3 Å². The molecular formula is C25H40N3O4PSi. The van der Waals surface area contributed by atoms with Crippen LogP contribution in [0.25, 0.3) is 0 Å². The molecule has 34 heavy (non-hydrogen) atoms. The standard InChI is InChI=1S/C25H40N3O4PSi/c1-7-34(8-2,9-3)32-18(5)21-22-17(4)20(23(25(30)31-33)28(22)24(21)29)16-27(6)15-13-19-12-10-11-14-26-19/h10-12,14,17-18,21-22H,7-9,13,15-16,33H2,1-6H3/t17-,18+,21+,22+/m0/s1. The summed E-state index contributed by atoms with van der Waals surface area (Å²) in [5.41, 5.74) is 2.41. The van der Waals surface area contributed by atoms with Crippen LogP contribution in [0.4, 0.5) is 0 Å². The quantitative estimate of drug-likeness (QED) is 0.243. The topological polar surface area (TPSA) is 72.0 Å². The zero-order chi connectivity index (χ0) is 25.0. The Hall–Kier alpha value is -1.60. The number of hydrogen-bond acceptors (Lipinski definition) is 6. The molecule has 1 aromatic rings. The van der Waals surface area contributed by atoms with Gasteiger partial charge in [-0.2, -0.15) is 0 Å². The van der Waals surface area contributed by atoms with Crippen LogP contribution >= 0.6 is 9.47 Å². The van der Waals surface area contributed by atoms with Crippen molar-refractivity contribution in [2.75, 3.05) is 20.1 Å². The minimum absolute atomic E-state index is 0.0212. The van der Waals surface area contributed by atoms with E-state index in [2.05, 4.69) is 37.6 Å². The van der Waals surface area contributed by atoms with E-state index >= 15 is 0 Å². The van der Waals surface area contributed by atoms with Crippen molar-refractivity contribution in [1.29, 1.82) is 0 Å². The highest BCUT2D eigenvalue weighted by Crippen LogP contribution is 2.48. The maximum Gasteiger partial charge on any atom is 0.357 e. The van der Waals surface area contributed by atoms with Gasteiger partial charge < -0.3 is 18.7 Å². The molecule has 1 aromatic heterocycles. The second-order valence-corrected chi connectivity index (χ2v) is 14.6. The molecule has 0 N–H and O–H groups in total. The fraction of sp³-hybridized carbons (Fsp3) is 0.640. The SMILES string of the molecule is CC[Si](CC)(CC)O[C@H](C)[C@H]1C(=O)N2C(C(=O)OP)=C(CN(C)CCc3ccccn3)[C@H](C)[C@H]12. The summed E-state index contributed by atoms with van der Waals surface area (Å²) >= 11 is 0. The van der Waals surface area contributed by atoms with Crippen LogP contribution < -0.4 is 0 Å². The Morgan fingerprint density at radius 1 is 1.26 bits per heavy atom. The molecule has 2 aliphatic rings. The zero-order valence-electron chi connectivity index (χ0n) is 21.4. The van der Waals surface area contributed by atoms with Gasteiger partial charge in [0.1, 0.15) is 5.70 Å². The second kappa shape index (κ2) is 11.4. The van der Waals surface area contributed by atoms with E-state index in [1.54, 1.807) is 11.1 Å². The molecule has 0 radical (unpaired) electrons. The van der Waals surface area contributed by atoms with Gasteiger partial charge >= 0.3 is 5.97 Å². The summed E-state index contributed by atoms with van der Waals surface area (Å²) in [6.45, 7) is 12.2. The zero-order valence-corrected chi connectivity index (χ0v) is 23.6. The average Bonchev–Trinajstić information content (AvgIpc) is 3.09. The lowest BCUT2D eigenvalue weighted by Crippen LogP contribution is -2.65. The van der Waals surface area contributed by atoms with Crippen molar-refractivity contribution in [1.82, 2.24) is 14.8 Å². The summed E-state index contributed by atoms with van der Waals surface area (Å²) < 4.78 is 11.7. The molecule has 1 amide bonds. The Bertz CT molecular complexity index is 900. The highest BCUT2D eigenvalue weighted by Gasteiger charge is 2.60. The van der Waals surface area contributed by atoms with Crippen molar-refractivity contribution in [2.45, 2.75) is 71.3 Å². The predicted octanol–water partition coefficient (Wildman–Crippen LogP) is 4.03. The summed E-state index contributed by atoms with van der Waals surface area (Å²) in [6, 6.07) is 9.00. The summed E-state index contributed by atoms with van der Waals surface area (Å²) in [5, 5.41) is 0. The number of carbonyl (C=O) groups is 2. The highest BCUT2D eigenvalue weighted by atomic mass is 31.0. The number of fused-ring (bicyclic) bond motifs is 1. The fourth-order valence-electron chi connectivity index (χ4n) is 5.57. The van der Waals surface area contributed by atoms with Crippen LogP contribution in [0.15, 0.2) is 35.7 Å². The van der Waals surface area contributed by atoms with Crippen molar-refractivity contribution < 1.29 is 18.5 Å². The van der Waals surface area contributed by atoms with Gasteiger partial charge in [0, 0.05) is 37.3 Å². The number of aromatic nitrogens is 1. The minimum atomic E-state index is -1.85. The number of rotatable bonds is 12. The highest BCUT2D eigenvalue weighted by molar-refractivity contribution is 7.10. The Labute approximate surface area is 207 Å². The Kier molecular flexibility index (Phi) is 9.07. The number of amides is 1. The molecule has 0 spiro atoms. The number of nitrogens with zero attached hydrogens (tertiary/aromatic N) is 3. The van der Waals surface area contributed by atoms with Gasteiger partial charge in [0.25, 0.3) is 0 Å². The van der Waals surface area contributed by atoms with Crippen LogP contribution in [-0.2, 0) is 25.0 Å². The maximum absolute atomic E-state index is 13.3. The Morgan fingerprint density at radius 2 is 1.94 bits per heavy atom. The molecule has 1 fully saturated rings. The van der Waals surface area contributed by atoms with E-state index in [1.807, 2.05) is 41.6 Å². The summed E-state index contributed by atoms with van der Waals surface area (Å²) in [5.74, 6) is -0.652. The summed E-state index contributed by atoms with van der Waals surface area (Å²) in [4.78, 5) is 34.4. The number of β-lactam (4-membered cyclic amide) rings is 1. The molecule has 0 bridgehead atoms. The number of pyridine rings is 1. The first kappa shape index (κ1) is 27.0. The van der Waals surface area contributed by atoms with Gasteiger partial charge in [0.05, 0.1) is 27.5 Å². The Balaban J connectivity index is 1.77. The lowest BCUT2D eigenvalue weighted by Gasteiger charge is -2.49. The first-order chi connectivity index (χ1) is 16.2. The number of likely N-dealkylation sites (N-methyl/N-ethyl adjacent to an activating group) is 1. The third-order valence-corrected chi connectivity index (χ3v) is 12.8. The minimum Gasteiger partial charge on any atom is -0.447 e. The number of hydrogen-bond donors (Lipinski definition) is 0. The third-order valence-electron chi connectivity index (χ3n) is 7.89. The van der Waals surface area contributed by atoms with Gasteiger partial charge in [-0.15, -0.1) is 0 Å². The van der Waals surface area contributed by atoms with Crippen LogP contribution in [0.1, 0.15) is 40.3 Å². The molecule has 0 saturated carbocycles. The van der Waals surface area contributed by atoms with Gasteiger partial charge in [-0.25, -0.2) is 4.79 Å². The van der Waals surface area contributed by atoms with Gasteiger partial charge in [-0.05, 0) is 49.8 Å². The van der Waals surface area contributed by atoms with E-state index in [9.17, 15) is 9.59 Å². The molecule has 9 heteroatoms. The molecule has 0 aromatic carbocycles. The molecule has 1 saturated heterocycles. The molecule has 0 aliphatic carbocycles. The molecule has 7 nitrogen and oxygen atoms in total. The van der Waals surface area contributed by atoms with Crippen LogP contribution in [0.2, 0.25) is 18.1 Å². The maximum atomic E-state index is 13.3.